The first-order valence-corrected chi connectivity index (χ1v) is 7.69. The summed E-state index contributed by atoms with van der Waals surface area (Å²) in [6.45, 7) is 4.94. The summed E-state index contributed by atoms with van der Waals surface area (Å²) in [5, 5.41) is 3.78. The van der Waals surface area contributed by atoms with E-state index in [9.17, 15) is 0 Å². The fourth-order valence-corrected chi connectivity index (χ4v) is 3.43. The highest BCUT2D eigenvalue weighted by molar-refractivity contribution is 4.78. The van der Waals surface area contributed by atoms with E-state index in [4.69, 9.17) is 0 Å². The first kappa shape index (κ1) is 13.4. The van der Waals surface area contributed by atoms with Crippen LogP contribution in [0.3, 0.4) is 0 Å². The fourth-order valence-electron chi connectivity index (χ4n) is 3.43. The summed E-state index contributed by atoms with van der Waals surface area (Å²) in [7, 11) is 2.30. The van der Waals surface area contributed by atoms with Crippen LogP contribution in [0, 0.1) is 5.92 Å². The molecule has 0 radical (unpaired) electrons. The van der Waals surface area contributed by atoms with Crippen molar-refractivity contribution < 1.29 is 0 Å². The Balaban J connectivity index is 1.59. The van der Waals surface area contributed by atoms with Gasteiger partial charge in [-0.25, -0.2) is 0 Å². The summed E-state index contributed by atoms with van der Waals surface area (Å²) in [5.41, 5.74) is 0. The van der Waals surface area contributed by atoms with Gasteiger partial charge in [0.25, 0.3) is 0 Å². The molecule has 1 atom stereocenters. The monoisotopic (exact) mass is 238 g/mol. The quantitative estimate of drug-likeness (QED) is 0.810. The van der Waals surface area contributed by atoms with Crippen LogP contribution in [0.5, 0.6) is 0 Å². The molecule has 2 aliphatic rings. The number of hydrogen-bond acceptors (Lipinski definition) is 2. The van der Waals surface area contributed by atoms with Gasteiger partial charge in [-0.15, -0.1) is 0 Å². The zero-order valence-electron chi connectivity index (χ0n) is 11.8. The summed E-state index contributed by atoms with van der Waals surface area (Å²) in [5.74, 6) is 0.970. The third-order valence-electron chi connectivity index (χ3n) is 4.85. The number of nitrogens with zero attached hydrogens (tertiary/aromatic N) is 1. The molecule has 1 N–H and O–H groups in total. The predicted molar refractivity (Wildman–Crippen MR) is 74.3 cm³/mol. The van der Waals surface area contributed by atoms with Crippen LogP contribution in [0.15, 0.2) is 0 Å². The molecule has 0 aromatic heterocycles. The molecule has 1 unspecified atom stereocenters. The van der Waals surface area contributed by atoms with E-state index < -0.39 is 0 Å². The molecule has 2 fully saturated rings. The Morgan fingerprint density at radius 1 is 1.06 bits per heavy atom. The zero-order valence-corrected chi connectivity index (χ0v) is 11.8. The molecule has 1 aliphatic heterocycles. The minimum absolute atomic E-state index is 0.820. The van der Waals surface area contributed by atoms with Crippen molar-refractivity contribution in [2.24, 2.45) is 5.92 Å². The molecular formula is C15H30N2. The Labute approximate surface area is 107 Å². The van der Waals surface area contributed by atoms with E-state index in [1.807, 2.05) is 0 Å². The highest BCUT2D eigenvalue weighted by Gasteiger charge is 2.20. The van der Waals surface area contributed by atoms with Gasteiger partial charge in [0, 0.05) is 12.1 Å². The smallest absolute Gasteiger partial charge is 0.0104 e. The highest BCUT2D eigenvalue weighted by Crippen LogP contribution is 2.23. The van der Waals surface area contributed by atoms with Crippen LogP contribution in [-0.4, -0.2) is 37.1 Å². The maximum Gasteiger partial charge on any atom is 0.0104 e. The third-order valence-corrected chi connectivity index (χ3v) is 4.85. The van der Waals surface area contributed by atoms with Gasteiger partial charge in [-0.1, -0.05) is 13.3 Å². The second-order valence-corrected chi connectivity index (χ2v) is 6.33. The number of rotatable bonds is 4. The SMILES string of the molecule is CC1CCC(NCCC2CCCCN2C)CC1. The van der Waals surface area contributed by atoms with Crippen molar-refractivity contribution in [3.8, 4) is 0 Å². The molecule has 0 aromatic carbocycles. The molecule has 1 saturated heterocycles. The van der Waals surface area contributed by atoms with Crippen LogP contribution in [0.25, 0.3) is 0 Å². The molecule has 0 spiro atoms. The summed E-state index contributed by atoms with van der Waals surface area (Å²) in [4.78, 5) is 2.56. The highest BCUT2D eigenvalue weighted by atomic mass is 15.1. The number of likely N-dealkylation sites (tertiary alicyclic amines) is 1. The molecule has 0 amide bonds. The molecule has 2 heteroatoms. The first-order valence-electron chi connectivity index (χ1n) is 7.69. The number of hydrogen-bond donors (Lipinski definition) is 1. The largest absolute Gasteiger partial charge is 0.314 e. The van der Waals surface area contributed by atoms with Crippen molar-refractivity contribution in [3.05, 3.63) is 0 Å². The lowest BCUT2D eigenvalue weighted by atomic mass is 9.87. The standard InChI is InChI=1S/C15H30N2/c1-13-6-8-14(9-7-13)16-11-10-15-5-3-4-12-17(15)2/h13-16H,3-12H2,1-2H3. The van der Waals surface area contributed by atoms with Crippen molar-refractivity contribution in [3.63, 3.8) is 0 Å². The Kier molecular flexibility index (Phi) is 5.30. The molecule has 2 nitrogen and oxygen atoms in total. The molecule has 1 saturated carbocycles. The van der Waals surface area contributed by atoms with Gasteiger partial charge in [-0.3, -0.25) is 0 Å². The average molecular weight is 238 g/mol. The molecular weight excluding hydrogens is 208 g/mol. The van der Waals surface area contributed by atoms with Crippen molar-refractivity contribution in [2.75, 3.05) is 20.1 Å². The van der Waals surface area contributed by atoms with E-state index in [1.54, 1.807) is 0 Å². The topological polar surface area (TPSA) is 15.3 Å². The van der Waals surface area contributed by atoms with Gasteiger partial charge < -0.3 is 10.2 Å². The van der Waals surface area contributed by atoms with Gasteiger partial charge in [-0.05, 0) is 71.0 Å². The van der Waals surface area contributed by atoms with E-state index in [0.717, 1.165) is 18.0 Å². The summed E-state index contributed by atoms with van der Waals surface area (Å²) in [6, 6.07) is 1.67. The zero-order chi connectivity index (χ0) is 12.1. The molecule has 1 heterocycles. The Bertz CT molecular complexity index is 209. The van der Waals surface area contributed by atoms with Crippen molar-refractivity contribution in [2.45, 2.75) is 70.4 Å². The number of nitrogens with one attached hydrogen (secondary N) is 1. The summed E-state index contributed by atoms with van der Waals surface area (Å²) >= 11 is 0. The van der Waals surface area contributed by atoms with Crippen molar-refractivity contribution >= 4 is 0 Å². The van der Waals surface area contributed by atoms with E-state index in [0.29, 0.717) is 0 Å². The van der Waals surface area contributed by atoms with Crippen molar-refractivity contribution in [1.82, 2.24) is 10.2 Å². The lowest BCUT2D eigenvalue weighted by molar-refractivity contribution is 0.172. The van der Waals surface area contributed by atoms with Crippen LogP contribution in [0.1, 0.15) is 58.3 Å². The molecule has 2 rings (SSSR count). The van der Waals surface area contributed by atoms with E-state index in [1.165, 1.54) is 64.5 Å². The minimum atomic E-state index is 0.820. The lowest BCUT2D eigenvalue weighted by Gasteiger charge is -2.33. The van der Waals surface area contributed by atoms with E-state index in [-0.39, 0.29) is 0 Å². The fraction of sp³-hybridized carbons (Fsp3) is 1.00. The Morgan fingerprint density at radius 2 is 1.82 bits per heavy atom. The maximum absolute atomic E-state index is 3.78. The number of piperidine rings is 1. The van der Waals surface area contributed by atoms with Gasteiger partial charge in [0.05, 0.1) is 0 Å². The summed E-state index contributed by atoms with van der Waals surface area (Å²) in [6.07, 6.45) is 11.3. The normalized spacial score (nSPS) is 36.0. The van der Waals surface area contributed by atoms with Gasteiger partial charge >= 0.3 is 0 Å². The van der Waals surface area contributed by atoms with E-state index >= 15 is 0 Å². The van der Waals surface area contributed by atoms with Crippen LogP contribution >= 0.6 is 0 Å². The predicted octanol–water partition coefficient (Wildman–Crippen LogP) is 3.03. The van der Waals surface area contributed by atoms with Crippen LogP contribution in [0.2, 0.25) is 0 Å². The minimum Gasteiger partial charge on any atom is -0.314 e. The van der Waals surface area contributed by atoms with Gasteiger partial charge in [0.2, 0.25) is 0 Å². The first-order chi connectivity index (χ1) is 8.25. The van der Waals surface area contributed by atoms with Crippen LogP contribution < -0.4 is 5.32 Å². The van der Waals surface area contributed by atoms with Crippen molar-refractivity contribution in [1.29, 1.82) is 0 Å². The molecule has 0 aromatic rings. The molecule has 17 heavy (non-hydrogen) atoms. The van der Waals surface area contributed by atoms with Gasteiger partial charge in [0.1, 0.15) is 0 Å². The average Bonchev–Trinajstić information content (AvgIpc) is 2.34. The third kappa shape index (κ3) is 4.26. The maximum atomic E-state index is 3.78. The summed E-state index contributed by atoms with van der Waals surface area (Å²) < 4.78 is 0. The van der Waals surface area contributed by atoms with Crippen LogP contribution in [0.4, 0.5) is 0 Å². The Morgan fingerprint density at radius 3 is 2.53 bits per heavy atom. The molecule has 1 aliphatic carbocycles. The molecule has 0 bridgehead atoms. The Hall–Kier alpha value is -0.0800. The van der Waals surface area contributed by atoms with Gasteiger partial charge in [0.15, 0.2) is 0 Å². The second kappa shape index (κ2) is 6.75. The van der Waals surface area contributed by atoms with Crippen LogP contribution in [-0.2, 0) is 0 Å². The van der Waals surface area contributed by atoms with E-state index in [2.05, 4.69) is 24.2 Å². The van der Waals surface area contributed by atoms with Gasteiger partial charge in [-0.2, -0.15) is 0 Å². The lowest BCUT2D eigenvalue weighted by Crippen LogP contribution is -2.40. The molecule has 100 valence electrons. The second-order valence-electron chi connectivity index (χ2n) is 6.33.